The number of nitrogens with one attached hydrogen (secondary N) is 1. The lowest BCUT2D eigenvalue weighted by molar-refractivity contribution is 0.103. The number of carbonyl (C=O) groups excluding carboxylic acids is 1. The lowest BCUT2D eigenvalue weighted by atomic mass is 9.98. The fourth-order valence-corrected chi connectivity index (χ4v) is 3.80. The van der Waals surface area contributed by atoms with Crippen molar-refractivity contribution in [3.8, 4) is 5.69 Å². The fraction of sp³-hybridized carbons (Fsp3) is 0.125. The molecule has 6 nitrogen and oxygen atoms in total. The molecule has 4 aromatic rings. The van der Waals surface area contributed by atoms with E-state index in [4.69, 9.17) is 28.3 Å². The van der Waals surface area contributed by atoms with Gasteiger partial charge in [-0.3, -0.25) is 4.79 Å². The van der Waals surface area contributed by atoms with Crippen molar-refractivity contribution >= 4 is 40.4 Å². The fourth-order valence-electron chi connectivity index (χ4n) is 3.32. The maximum Gasteiger partial charge on any atom is 0.194 e. The van der Waals surface area contributed by atoms with Gasteiger partial charge in [-0.05, 0) is 61.0 Å². The Morgan fingerprint density at radius 2 is 1.88 bits per heavy atom. The van der Waals surface area contributed by atoms with E-state index in [-0.39, 0.29) is 22.4 Å². The van der Waals surface area contributed by atoms with Crippen molar-refractivity contribution in [1.29, 1.82) is 0 Å². The maximum atomic E-state index is 13.3. The van der Waals surface area contributed by atoms with Gasteiger partial charge in [-0.2, -0.15) is 0 Å². The van der Waals surface area contributed by atoms with Crippen LogP contribution in [0.2, 0.25) is 10.0 Å². The summed E-state index contributed by atoms with van der Waals surface area (Å²) in [6, 6.07) is 14.4. The monoisotopic (exact) mass is 484 g/mol. The number of hydrogen-bond acceptors (Lipinski definition) is 5. The summed E-state index contributed by atoms with van der Waals surface area (Å²) < 4.78 is 14.8. The Balaban J connectivity index is 1.61. The largest absolute Gasteiger partial charge is 0.396 e. The highest BCUT2D eigenvalue weighted by Gasteiger charge is 2.17. The molecule has 2 N–H and O–H groups in total. The number of aromatic nitrogens is 3. The van der Waals surface area contributed by atoms with Gasteiger partial charge in [0.15, 0.2) is 5.78 Å². The minimum atomic E-state index is -0.433. The first kappa shape index (κ1) is 22.9. The van der Waals surface area contributed by atoms with Crippen LogP contribution in [0.5, 0.6) is 0 Å². The third-order valence-corrected chi connectivity index (χ3v) is 5.69. The van der Waals surface area contributed by atoms with Gasteiger partial charge in [0.2, 0.25) is 0 Å². The molecule has 9 heteroatoms. The Bertz CT molecular complexity index is 1340. The molecule has 0 aliphatic carbocycles. The molecule has 0 amide bonds. The van der Waals surface area contributed by atoms with Gasteiger partial charge in [0, 0.05) is 29.8 Å². The van der Waals surface area contributed by atoms with E-state index in [9.17, 15) is 9.18 Å². The molecule has 0 saturated carbocycles. The van der Waals surface area contributed by atoms with Crippen LogP contribution in [0.3, 0.4) is 0 Å². The molecule has 0 spiro atoms. The van der Waals surface area contributed by atoms with Crippen LogP contribution < -0.4 is 5.32 Å². The number of nitrogens with zero attached hydrogens (tertiary/aromatic N) is 3. The number of anilines is 2. The van der Waals surface area contributed by atoms with Crippen LogP contribution in [0.25, 0.3) is 5.69 Å². The smallest absolute Gasteiger partial charge is 0.194 e. The van der Waals surface area contributed by atoms with E-state index in [2.05, 4.69) is 15.6 Å². The van der Waals surface area contributed by atoms with Crippen LogP contribution in [0.1, 0.15) is 27.2 Å². The zero-order chi connectivity index (χ0) is 23.5. The molecule has 33 heavy (non-hydrogen) atoms. The number of ketones is 1. The average Bonchev–Trinajstić information content (AvgIpc) is 3.25. The summed E-state index contributed by atoms with van der Waals surface area (Å²) in [5, 5.41) is 20.7. The highest BCUT2D eigenvalue weighted by Crippen LogP contribution is 2.30. The van der Waals surface area contributed by atoms with E-state index < -0.39 is 5.82 Å². The van der Waals surface area contributed by atoms with Gasteiger partial charge in [0.1, 0.15) is 5.82 Å². The molecule has 0 bridgehead atoms. The Morgan fingerprint density at radius 1 is 1.06 bits per heavy atom. The summed E-state index contributed by atoms with van der Waals surface area (Å²) >= 11 is 12.5. The average molecular weight is 485 g/mol. The molecule has 0 saturated heterocycles. The number of benzene rings is 3. The number of halogens is 3. The lowest BCUT2D eigenvalue weighted by Crippen LogP contribution is -2.07. The van der Waals surface area contributed by atoms with Crippen molar-refractivity contribution in [3.63, 3.8) is 0 Å². The van der Waals surface area contributed by atoms with E-state index in [1.54, 1.807) is 35.1 Å². The molecular formula is C24H19Cl2FN4O2. The number of carbonyl (C=O) groups is 1. The number of hydrogen-bond donors (Lipinski definition) is 2. The second-order valence-electron chi connectivity index (χ2n) is 7.40. The summed E-state index contributed by atoms with van der Waals surface area (Å²) in [5.74, 6) is -0.668. The second kappa shape index (κ2) is 9.70. The Labute approximate surface area is 199 Å². The molecule has 3 aromatic carbocycles. The molecule has 0 radical (unpaired) electrons. The van der Waals surface area contributed by atoms with Crippen LogP contribution in [-0.4, -0.2) is 32.5 Å². The van der Waals surface area contributed by atoms with Crippen LogP contribution in [0, 0.1) is 12.7 Å². The normalized spacial score (nSPS) is 10.9. The molecule has 168 valence electrons. The molecule has 0 aliphatic heterocycles. The number of aliphatic hydroxyl groups excluding tert-OH is 1. The van der Waals surface area contributed by atoms with Crippen molar-refractivity contribution < 1.29 is 14.3 Å². The first-order valence-corrected chi connectivity index (χ1v) is 10.8. The molecule has 1 heterocycles. The third kappa shape index (κ3) is 5.06. The molecular weight excluding hydrogens is 466 g/mol. The van der Waals surface area contributed by atoms with E-state index in [1.807, 2.05) is 19.1 Å². The molecule has 4 rings (SSSR count). The summed E-state index contributed by atoms with van der Waals surface area (Å²) in [7, 11) is 0. The SMILES string of the molecule is Cc1ccc(-n2cc(CCO)nn2)cc1C(=O)c1ccc(Nc2ccc(F)cc2Cl)cc1Cl. The van der Waals surface area contributed by atoms with Crippen LogP contribution in [-0.2, 0) is 6.42 Å². The predicted molar refractivity (Wildman–Crippen MR) is 126 cm³/mol. The van der Waals surface area contributed by atoms with Gasteiger partial charge in [-0.25, -0.2) is 9.07 Å². The van der Waals surface area contributed by atoms with Crippen LogP contribution in [0.15, 0.2) is 60.8 Å². The van der Waals surface area contributed by atoms with Gasteiger partial charge in [0.05, 0.1) is 33.3 Å². The number of aryl methyl sites for hydroxylation is 1. The Kier molecular flexibility index (Phi) is 6.74. The van der Waals surface area contributed by atoms with Gasteiger partial charge in [0.25, 0.3) is 0 Å². The summed E-state index contributed by atoms with van der Waals surface area (Å²) in [4.78, 5) is 13.3. The van der Waals surface area contributed by atoms with Crippen molar-refractivity contribution in [2.45, 2.75) is 13.3 Å². The van der Waals surface area contributed by atoms with E-state index in [1.165, 1.54) is 18.2 Å². The summed E-state index contributed by atoms with van der Waals surface area (Å²) in [6.07, 6.45) is 2.11. The predicted octanol–water partition coefficient (Wildman–Crippen LogP) is 5.53. The molecule has 0 aliphatic rings. The third-order valence-electron chi connectivity index (χ3n) is 5.06. The first-order chi connectivity index (χ1) is 15.9. The van der Waals surface area contributed by atoms with E-state index in [0.29, 0.717) is 40.3 Å². The standard InChI is InChI=1S/C24H19Cl2FN4O2/c1-14-2-5-18(31-13-17(8-9-32)29-30-31)12-20(14)24(33)19-6-4-16(11-21(19)25)28-23-7-3-15(27)10-22(23)26/h2-7,10-13,28,32H,8-9H2,1H3. The van der Waals surface area contributed by atoms with Crippen molar-refractivity contribution in [2.24, 2.45) is 0 Å². The minimum Gasteiger partial charge on any atom is -0.396 e. The minimum absolute atomic E-state index is 0.0208. The lowest BCUT2D eigenvalue weighted by Gasteiger charge is -2.12. The molecule has 0 unspecified atom stereocenters. The Morgan fingerprint density at radius 3 is 2.61 bits per heavy atom. The van der Waals surface area contributed by atoms with E-state index >= 15 is 0 Å². The molecule has 1 aromatic heterocycles. The van der Waals surface area contributed by atoms with Gasteiger partial charge in [-0.15, -0.1) is 5.10 Å². The summed E-state index contributed by atoms with van der Waals surface area (Å²) in [6.45, 7) is 1.82. The van der Waals surface area contributed by atoms with Gasteiger partial charge < -0.3 is 10.4 Å². The highest BCUT2D eigenvalue weighted by atomic mass is 35.5. The van der Waals surface area contributed by atoms with Crippen molar-refractivity contribution in [3.05, 3.63) is 99.0 Å². The summed E-state index contributed by atoms with van der Waals surface area (Å²) in [5.41, 5.74) is 4.05. The van der Waals surface area contributed by atoms with Gasteiger partial charge in [-0.1, -0.05) is 34.5 Å². The van der Waals surface area contributed by atoms with Gasteiger partial charge >= 0.3 is 0 Å². The molecule has 0 atom stereocenters. The molecule has 0 fully saturated rings. The Hall–Kier alpha value is -3.26. The second-order valence-corrected chi connectivity index (χ2v) is 8.21. The number of aliphatic hydroxyl groups is 1. The zero-order valence-electron chi connectivity index (χ0n) is 17.5. The first-order valence-electron chi connectivity index (χ1n) is 10.0. The zero-order valence-corrected chi connectivity index (χ0v) is 19.0. The number of rotatable bonds is 7. The highest BCUT2D eigenvalue weighted by molar-refractivity contribution is 6.35. The van der Waals surface area contributed by atoms with Crippen LogP contribution in [0.4, 0.5) is 15.8 Å². The van der Waals surface area contributed by atoms with E-state index in [0.717, 1.165) is 5.56 Å². The quantitative estimate of drug-likeness (QED) is 0.337. The van der Waals surface area contributed by atoms with Crippen molar-refractivity contribution in [2.75, 3.05) is 11.9 Å². The van der Waals surface area contributed by atoms with Crippen molar-refractivity contribution in [1.82, 2.24) is 15.0 Å². The van der Waals surface area contributed by atoms with Crippen LogP contribution >= 0.6 is 23.2 Å². The maximum absolute atomic E-state index is 13.3. The topological polar surface area (TPSA) is 80.0 Å².